The van der Waals surface area contributed by atoms with E-state index in [1.54, 1.807) is 0 Å². The van der Waals surface area contributed by atoms with Crippen LogP contribution >= 0.6 is 0 Å². The maximum Gasteiger partial charge on any atom is 0.323 e. The van der Waals surface area contributed by atoms with Crippen LogP contribution in [0.5, 0.6) is 5.75 Å². The molecule has 0 aliphatic rings. The van der Waals surface area contributed by atoms with E-state index in [0.29, 0.717) is 5.69 Å². The number of amides is 2. The highest BCUT2D eigenvalue weighted by atomic mass is 16.5. The molecule has 1 rings (SSSR count). The fraction of sp³-hybridized carbons (Fsp3) is 0.308. The van der Waals surface area contributed by atoms with Crippen molar-refractivity contribution in [3.63, 3.8) is 0 Å². The first kappa shape index (κ1) is 16.3. The summed E-state index contributed by atoms with van der Waals surface area (Å²) in [4.78, 5) is 34.7. The number of carbonyl (C=O) groups excluding carboxylic acids is 2. The molecule has 0 saturated heterocycles. The monoisotopic (exact) mass is 296 g/mol. The third kappa shape index (κ3) is 5.39. The minimum Gasteiger partial charge on any atom is -0.508 e. The summed E-state index contributed by atoms with van der Waals surface area (Å²) in [6.45, 7) is -0.519. The Labute approximate surface area is 120 Å². The van der Waals surface area contributed by atoms with Gasteiger partial charge in [0.25, 0.3) is 0 Å². The van der Waals surface area contributed by atoms with Crippen molar-refractivity contribution in [1.29, 1.82) is 0 Å². The Morgan fingerprint density at radius 2 is 1.86 bits per heavy atom. The van der Waals surface area contributed by atoms with Crippen molar-refractivity contribution in [3.8, 4) is 5.75 Å². The van der Waals surface area contributed by atoms with E-state index in [0.717, 1.165) is 4.90 Å². The van der Waals surface area contributed by atoms with E-state index in [1.807, 2.05) is 0 Å². The molecule has 0 aromatic heterocycles. The van der Waals surface area contributed by atoms with Gasteiger partial charge in [0.15, 0.2) is 0 Å². The Kier molecular flexibility index (Phi) is 5.99. The van der Waals surface area contributed by atoms with E-state index in [1.165, 1.54) is 31.4 Å². The molecule has 0 spiro atoms. The lowest BCUT2D eigenvalue weighted by molar-refractivity contribution is -0.140. The van der Waals surface area contributed by atoms with Gasteiger partial charge >= 0.3 is 18.0 Å². The number of phenols is 1. The smallest absolute Gasteiger partial charge is 0.323 e. The summed E-state index contributed by atoms with van der Waals surface area (Å²) in [6.07, 6.45) is -0.0151. The van der Waals surface area contributed by atoms with Gasteiger partial charge in [-0.2, -0.15) is 0 Å². The molecule has 1 aromatic carbocycles. The largest absolute Gasteiger partial charge is 0.508 e. The molecule has 0 radical (unpaired) electrons. The molecule has 8 nitrogen and oxygen atoms in total. The quantitative estimate of drug-likeness (QED) is 0.660. The van der Waals surface area contributed by atoms with Gasteiger partial charge in [-0.1, -0.05) is 0 Å². The summed E-state index contributed by atoms with van der Waals surface area (Å²) in [6, 6.07) is 4.85. The van der Waals surface area contributed by atoms with E-state index in [-0.39, 0.29) is 18.7 Å². The van der Waals surface area contributed by atoms with Crippen molar-refractivity contribution in [2.24, 2.45) is 0 Å². The van der Waals surface area contributed by atoms with E-state index < -0.39 is 24.5 Å². The maximum absolute atomic E-state index is 12.0. The summed E-state index contributed by atoms with van der Waals surface area (Å²) >= 11 is 0. The molecule has 0 aliphatic heterocycles. The molecule has 2 amide bonds. The number of carboxylic acids is 1. The molecule has 1 aromatic rings. The number of benzene rings is 1. The Bertz CT molecular complexity index is 514. The van der Waals surface area contributed by atoms with Crippen LogP contribution in [0.2, 0.25) is 0 Å². The molecule has 0 fully saturated rings. The average molecular weight is 296 g/mol. The number of esters is 1. The molecule has 0 atom stereocenters. The predicted molar refractivity (Wildman–Crippen MR) is 73.1 cm³/mol. The molecule has 8 heteroatoms. The Morgan fingerprint density at radius 1 is 1.24 bits per heavy atom. The normalized spacial score (nSPS) is 9.76. The Balaban J connectivity index is 2.72. The Hall–Kier alpha value is -2.77. The van der Waals surface area contributed by atoms with Crippen LogP contribution in [0.3, 0.4) is 0 Å². The number of carbonyl (C=O) groups is 3. The second-order valence-corrected chi connectivity index (χ2v) is 4.05. The highest BCUT2D eigenvalue weighted by Crippen LogP contribution is 2.18. The standard InChI is InChI=1S/C13H16N2O6/c1-21-12(19)6-7-14-13(20)15(8-11(17)18)9-2-4-10(16)5-3-9/h2-5,16H,6-8H2,1H3,(H,14,20)(H,17,18). The number of ether oxygens (including phenoxy) is 1. The van der Waals surface area contributed by atoms with Crippen molar-refractivity contribution < 1.29 is 29.3 Å². The molecular weight excluding hydrogens is 280 g/mol. The van der Waals surface area contributed by atoms with Gasteiger partial charge in [-0.15, -0.1) is 0 Å². The van der Waals surface area contributed by atoms with Crippen LogP contribution in [-0.2, 0) is 14.3 Å². The zero-order valence-electron chi connectivity index (χ0n) is 11.4. The highest BCUT2D eigenvalue weighted by Gasteiger charge is 2.18. The van der Waals surface area contributed by atoms with Crippen molar-refractivity contribution in [3.05, 3.63) is 24.3 Å². The number of carboxylic acid groups (broad SMARTS) is 1. The van der Waals surface area contributed by atoms with Crippen LogP contribution in [0.25, 0.3) is 0 Å². The molecule has 3 N–H and O–H groups in total. The SMILES string of the molecule is COC(=O)CCNC(=O)N(CC(=O)O)c1ccc(O)cc1. The zero-order valence-corrected chi connectivity index (χ0v) is 11.4. The number of hydrogen-bond donors (Lipinski definition) is 3. The highest BCUT2D eigenvalue weighted by molar-refractivity contribution is 5.96. The number of aliphatic carboxylic acids is 1. The van der Waals surface area contributed by atoms with Crippen molar-refractivity contribution in [2.45, 2.75) is 6.42 Å². The number of methoxy groups -OCH3 is 1. The predicted octanol–water partition coefficient (Wildman–Crippen LogP) is 0.556. The van der Waals surface area contributed by atoms with Gasteiger partial charge in [-0.3, -0.25) is 14.5 Å². The van der Waals surface area contributed by atoms with Gasteiger partial charge in [-0.05, 0) is 24.3 Å². The van der Waals surface area contributed by atoms with Crippen LogP contribution in [0, 0.1) is 0 Å². The van der Waals surface area contributed by atoms with E-state index in [4.69, 9.17) is 5.11 Å². The lowest BCUT2D eigenvalue weighted by atomic mass is 10.2. The van der Waals surface area contributed by atoms with Gasteiger partial charge in [0, 0.05) is 12.2 Å². The van der Waals surface area contributed by atoms with Gasteiger partial charge in [0.1, 0.15) is 12.3 Å². The maximum atomic E-state index is 12.0. The van der Waals surface area contributed by atoms with Crippen molar-refractivity contribution in [2.75, 3.05) is 25.1 Å². The fourth-order valence-corrected chi connectivity index (χ4v) is 1.52. The summed E-state index contributed by atoms with van der Waals surface area (Å²) < 4.78 is 4.43. The number of phenolic OH excluding ortho intramolecular Hbond substituents is 1. The van der Waals surface area contributed by atoms with Gasteiger partial charge < -0.3 is 20.3 Å². The van der Waals surface area contributed by atoms with Crippen LogP contribution < -0.4 is 10.2 Å². The molecule has 0 aliphatic carbocycles. The minimum absolute atomic E-state index is 0.000115. The summed E-state index contributed by atoms with van der Waals surface area (Å²) in [5.74, 6) is -1.67. The van der Waals surface area contributed by atoms with E-state index in [2.05, 4.69) is 10.1 Å². The second kappa shape index (κ2) is 7.73. The molecule has 0 bridgehead atoms. The molecule has 21 heavy (non-hydrogen) atoms. The summed E-state index contributed by atoms with van der Waals surface area (Å²) in [7, 11) is 1.23. The number of hydrogen-bond acceptors (Lipinski definition) is 5. The Morgan fingerprint density at radius 3 is 2.38 bits per heavy atom. The van der Waals surface area contributed by atoms with Gasteiger partial charge in [-0.25, -0.2) is 4.79 Å². The lowest BCUT2D eigenvalue weighted by Crippen LogP contribution is -2.43. The third-order valence-electron chi connectivity index (χ3n) is 2.53. The first-order valence-corrected chi connectivity index (χ1v) is 6.07. The van der Waals surface area contributed by atoms with Gasteiger partial charge in [0.05, 0.1) is 13.5 Å². The summed E-state index contributed by atoms with van der Waals surface area (Å²) in [5.41, 5.74) is 0.311. The van der Waals surface area contributed by atoms with Crippen LogP contribution in [-0.4, -0.2) is 48.4 Å². The zero-order chi connectivity index (χ0) is 15.8. The second-order valence-electron chi connectivity index (χ2n) is 4.05. The number of nitrogens with one attached hydrogen (secondary N) is 1. The minimum atomic E-state index is -1.19. The number of anilines is 1. The molecule has 0 unspecified atom stereocenters. The number of rotatable bonds is 6. The molecule has 114 valence electrons. The number of aromatic hydroxyl groups is 1. The van der Waals surface area contributed by atoms with Crippen LogP contribution in [0.1, 0.15) is 6.42 Å². The van der Waals surface area contributed by atoms with E-state index in [9.17, 15) is 19.5 Å². The van der Waals surface area contributed by atoms with Crippen LogP contribution in [0.4, 0.5) is 10.5 Å². The van der Waals surface area contributed by atoms with Gasteiger partial charge in [0.2, 0.25) is 0 Å². The molecule has 0 heterocycles. The molecule has 0 saturated carbocycles. The summed E-state index contributed by atoms with van der Waals surface area (Å²) in [5, 5.41) is 20.5. The topological polar surface area (TPSA) is 116 Å². The van der Waals surface area contributed by atoms with Crippen LogP contribution in [0.15, 0.2) is 24.3 Å². The number of urea groups is 1. The van der Waals surface area contributed by atoms with Crippen molar-refractivity contribution >= 4 is 23.7 Å². The molecular formula is C13H16N2O6. The fourth-order valence-electron chi connectivity index (χ4n) is 1.52. The lowest BCUT2D eigenvalue weighted by Gasteiger charge is -2.21. The first-order chi connectivity index (χ1) is 9.93. The first-order valence-electron chi connectivity index (χ1n) is 6.07. The van der Waals surface area contributed by atoms with E-state index >= 15 is 0 Å². The third-order valence-corrected chi connectivity index (χ3v) is 2.53. The average Bonchev–Trinajstić information content (AvgIpc) is 2.45. The number of nitrogens with zero attached hydrogens (tertiary/aromatic N) is 1. The van der Waals surface area contributed by atoms with Crippen molar-refractivity contribution in [1.82, 2.24) is 5.32 Å².